The summed E-state index contributed by atoms with van der Waals surface area (Å²) in [6.45, 7) is 0.879. The Labute approximate surface area is 155 Å². The van der Waals surface area contributed by atoms with Gasteiger partial charge in [0.25, 0.3) is 5.56 Å². The number of benzene rings is 1. The van der Waals surface area contributed by atoms with Crippen molar-refractivity contribution in [3.63, 3.8) is 0 Å². The maximum absolute atomic E-state index is 13.1. The zero-order valence-electron chi connectivity index (χ0n) is 14.7. The predicted octanol–water partition coefficient (Wildman–Crippen LogP) is 1.37. The van der Waals surface area contributed by atoms with Crippen LogP contribution >= 0.6 is 0 Å². The van der Waals surface area contributed by atoms with Crippen molar-refractivity contribution in [3.05, 3.63) is 63.1 Å². The van der Waals surface area contributed by atoms with Crippen molar-refractivity contribution in [2.75, 3.05) is 13.1 Å². The molecule has 1 unspecified atom stereocenters. The molecular formula is C20H20N2O5. The molecular weight excluding hydrogens is 348 g/mol. The van der Waals surface area contributed by atoms with Crippen LogP contribution in [0.2, 0.25) is 0 Å². The first kappa shape index (κ1) is 17.3. The van der Waals surface area contributed by atoms with Gasteiger partial charge < -0.3 is 19.7 Å². The van der Waals surface area contributed by atoms with Crippen LogP contribution in [-0.4, -0.2) is 44.6 Å². The Balaban J connectivity index is 1.62. The number of amides is 1. The highest BCUT2D eigenvalue weighted by atomic mass is 16.4. The van der Waals surface area contributed by atoms with Gasteiger partial charge in [-0.15, -0.1) is 0 Å². The van der Waals surface area contributed by atoms with Gasteiger partial charge in [-0.2, -0.15) is 0 Å². The Kier molecular flexibility index (Phi) is 4.22. The number of carboxylic acid groups (broad SMARTS) is 1. The second kappa shape index (κ2) is 6.57. The van der Waals surface area contributed by atoms with Crippen molar-refractivity contribution in [3.8, 4) is 5.75 Å². The van der Waals surface area contributed by atoms with Gasteiger partial charge >= 0.3 is 5.97 Å². The molecule has 1 aromatic heterocycles. The van der Waals surface area contributed by atoms with E-state index in [2.05, 4.69) is 0 Å². The van der Waals surface area contributed by atoms with E-state index in [0.29, 0.717) is 13.1 Å². The minimum Gasteiger partial charge on any atom is -0.507 e. The highest BCUT2D eigenvalue weighted by Crippen LogP contribution is 2.34. The van der Waals surface area contributed by atoms with Crippen LogP contribution in [0.15, 0.2) is 35.1 Å². The van der Waals surface area contributed by atoms with Crippen LogP contribution < -0.4 is 5.56 Å². The van der Waals surface area contributed by atoms with E-state index in [1.165, 1.54) is 10.1 Å². The van der Waals surface area contributed by atoms with Crippen molar-refractivity contribution in [2.45, 2.75) is 31.7 Å². The quantitative estimate of drug-likeness (QED) is 0.834. The summed E-state index contributed by atoms with van der Waals surface area (Å²) < 4.78 is 1.36. The Morgan fingerprint density at radius 1 is 1.07 bits per heavy atom. The summed E-state index contributed by atoms with van der Waals surface area (Å²) in [5, 5.41) is 19.3. The van der Waals surface area contributed by atoms with Gasteiger partial charge in [-0.3, -0.25) is 9.59 Å². The summed E-state index contributed by atoms with van der Waals surface area (Å²) >= 11 is 0. The van der Waals surface area contributed by atoms with Crippen LogP contribution in [0.25, 0.3) is 0 Å². The Hall–Kier alpha value is -3.09. The zero-order valence-corrected chi connectivity index (χ0v) is 14.7. The summed E-state index contributed by atoms with van der Waals surface area (Å²) in [6, 6.07) is 8.87. The molecule has 0 saturated heterocycles. The van der Waals surface area contributed by atoms with E-state index in [4.69, 9.17) is 0 Å². The molecule has 0 fully saturated rings. The van der Waals surface area contributed by atoms with E-state index >= 15 is 0 Å². The SMILES string of the molecule is O=C(O)c1c(O)cc(=O)n2c1CCN(C(=O)C1CCc3ccccc31)CC2. The summed E-state index contributed by atoms with van der Waals surface area (Å²) in [4.78, 5) is 38.6. The van der Waals surface area contributed by atoms with Gasteiger partial charge in [-0.1, -0.05) is 24.3 Å². The van der Waals surface area contributed by atoms with Crippen molar-refractivity contribution >= 4 is 11.9 Å². The lowest BCUT2D eigenvalue weighted by molar-refractivity contribution is -0.132. The number of carboxylic acids is 1. The molecule has 1 atom stereocenters. The standard InChI is InChI=1S/C20H20N2O5/c23-16-11-17(24)22-10-9-21(8-7-15(22)18(16)20(26)27)19(25)14-6-5-12-3-1-2-4-13(12)14/h1-4,11,14,23H,5-10H2,(H,26,27). The summed E-state index contributed by atoms with van der Waals surface area (Å²) in [5.41, 5.74) is 1.83. The van der Waals surface area contributed by atoms with E-state index in [1.807, 2.05) is 24.3 Å². The average molecular weight is 368 g/mol. The first-order valence-corrected chi connectivity index (χ1v) is 9.03. The van der Waals surface area contributed by atoms with E-state index in [9.17, 15) is 24.6 Å². The molecule has 2 aromatic rings. The molecule has 7 heteroatoms. The lowest BCUT2D eigenvalue weighted by Gasteiger charge is -2.24. The van der Waals surface area contributed by atoms with Gasteiger partial charge in [-0.05, 0) is 24.0 Å². The summed E-state index contributed by atoms with van der Waals surface area (Å²) in [7, 11) is 0. The third-order valence-corrected chi connectivity index (χ3v) is 5.57. The first-order chi connectivity index (χ1) is 13.0. The molecule has 2 aliphatic rings. The molecule has 2 heterocycles. The number of aromatic hydroxyl groups is 1. The van der Waals surface area contributed by atoms with Crippen LogP contribution in [-0.2, 0) is 24.2 Å². The third-order valence-electron chi connectivity index (χ3n) is 5.57. The van der Waals surface area contributed by atoms with Crippen LogP contribution in [0.4, 0.5) is 0 Å². The number of hydrogen-bond donors (Lipinski definition) is 2. The van der Waals surface area contributed by atoms with Gasteiger partial charge in [0.05, 0.1) is 5.92 Å². The highest BCUT2D eigenvalue weighted by molar-refractivity contribution is 5.92. The minimum atomic E-state index is -1.28. The topological polar surface area (TPSA) is 99.8 Å². The smallest absolute Gasteiger partial charge is 0.341 e. The molecule has 1 aliphatic carbocycles. The van der Waals surface area contributed by atoms with Crippen LogP contribution in [0.5, 0.6) is 5.75 Å². The Morgan fingerprint density at radius 3 is 2.63 bits per heavy atom. The number of aryl methyl sites for hydroxylation is 1. The largest absolute Gasteiger partial charge is 0.507 e. The lowest BCUT2D eigenvalue weighted by Crippen LogP contribution is -2.37. The number of fused-ring (bicyclic) bond motifs is 2. The molecule has 7 nitrogen and oxygen atoms in total. The number of pyridine rings is 1. The number of carbonyl (C=O) groups excluding carboxylic acids is 1. The molecule has 1 aromatic carbocycles. The summed E-state index contributed by atoms with van der Waals surface area (Å²) in [5.74, 6) is -1.97. The minimum absolute atomic E-state index is 0.0157. The van der Waals surface area contributed by atoms with Gasteiger partial charge in [0.15, 0.2) is 0 Å². The van der Waals surface area contributed by atoms with Crippen LogP contribution in [0.3, 0.4) is 0 Å². The normalized spacial score (nSPS) is 18.5. The number of aromatic carboxylic acids is 1. The molecule has 0 bridgehead atoms. The second-order valence-electron chi connectivity index (χ2n) is 7.01. The predicted molar refractivity (Wildman–Crippen MR) is 97.1 cm³/mol. The molecule has 2 N–H and O–H groups in total. The maximum atomic E-state index is 13.1. The molecule has 0 spiro atoms. The lowest BCUT2D eigenvalue weighted by atomic mass is 9.99. The molecule has 1 aliphatic heterocycles. The average Bonchev–Trinajstić information content (AvgIpc) is 2.93. The Bertz CT molecular complexity index is 994. The van der Waals surface area contributed by atoms with E-state index < -0.39 is 17.3 Å². The van der Waals surface area contributed by atoms with E-state index in [0.717, 1.165) is 24.5 Å². The van der Waals surface area contributed by atoms with E-state index in [1.54, 1.807) is 4.90 Å². The zero-order chi connectivity index (χ0) is 19.1. The number of hydrogen-bond acceptors (Lipinski definition) is 4. The second-order valence-corrected chi connectivity index (χ2v) is 7.01. The fraction of sp³-hybridized carbons (Fsp3) is 0.350. The highest BCUT2D eigenvalue weighted by Gasteiger charge is 2.33. The van der Waals surface area contributed by atoms with Gasteiger partial charge in [-0.25, -0.2) is 4.79 Å². The van der Waals surface area contributed by atoms with Crippen molar-refractivity contribution in [1.29, 1.82) is 0 Å². The molecule has 1 amide bonds. The van der Waals surface area contributed by atoms with Crippen LogP contribution in [0, 0.1) is 0 Å². The number of nitrogens with zero attached hydrogens (tertiary/aromatic N) is 2. The fourth-order valence-corrected chi connectivity index (χ4v) is 4.25. The number of rotatable bonds is 2. The van der Waals surface area contributed by atoms with Gasteiger partial charge in [0.2, 0.25) is 5.91 Å². The fourth-order valence-electron chi connectivity index (χ4n) is 4.25. The van der Waals surface area contributed by atoms with Crippen molar-refractivity contribution < 1.29 is 19.8 Å². The van der Waals surface area contributed by atoms with Crippen molar-refractivity contribution in [2.24, 2.45) is 0 Å². The van der Waals surface area contributed by atoms with E-state index in [-0.39, 0.29) is 36.0 Å². The molecule has 27 heavy (non-hydrogen) atoms. The number of carbonyl (C=O) groups is 2. The summed E-state index contributed by atoms with van der Waals surface area (Å²) in [6.07, 6.45) is 1.85. The van der Waals surface area contributed by atoms with Gasteiger partial charge in [0, 0.05) is 37.8 Å². The molecule has 0 radical (unpaired) electrons. The van der Waals surface area contributed by atoms with Crippen LogP contribution in [0.1, 0.15) is 39.5 Å². The molecule has 140 valence electrons. The molecule has 4 rings (SSSR count). The maximum Gasteiger partial charge on any atom is 0.341 e. The Morgan fingerprint density at radius 2 is 1.85 bits per heavy atom. The monoisotopic (exact) mass is 368 g/mol. The van der Waals surface area contributed by atoms with Gasteiger partial charge in [0.1, 0.15) is 11.3 Å². The van der Waals surface area contributed by atoms with Crippen molar-refractivity contribution in [1.82, 2.24) is 9.47 Å². The molecule has 0 saturated carbocycles. The number of aromatic nitrogens is 1. The third kappa shape index (κ3) is 2.89. The first-order valence-electron chi connectivity index (χ1n) is 9.03.